The van der Waals surface area contributed by atoms with E-state index in [0.717, 1.165) is 17.5 Å². The molecule has 0 saturated carbocycles. The van der Waals surface area contributed by atoms with Crippen LogP contribution in [0.25, 0.3) is 11.0 Å². The number of nitrogens with zero attached hydrogens (tertiary/aromatic N) is 2. The molecule has 1 aromatic heterocycles. The molecule has 0 radical (unpaired) electrons. The van der Waals surface area contributed by atoms with Gasteiger partial charge in [0.25, 0.3) is 0 Å². The smallest absolute Gasteiger partial charge is 0.201 e. The average Bonchev–Trinajstić information content (AvgIpc) is 2.62. The standard InChI is InChI=1S/C13H17Cl2N3/c1-3-4-5-8(2)18-12-7-10(15)9(14)6-11(12)17-13(18)16/h6-8H,3-5H2,1-2H3,(H2,16,17). The molecule has 2 aromatic rings. The molecule has 0 aliphatic carbocycles. The molecule has 0 amide bonds. The highest BCUT2D eigenvalue weighted by atomic mass is 35.5. The first-order valence-electron chi connectivity index (χ1n) is 6.17. The third-order valence-electron chi connectivity index (χ3n) is 3.18. The second-order valence-electron chi connectivity index (χ2n) is 4.59. The Morgan fingerprint density at radius 1 is 1.33 bits per heavy atom. The van der Waals surface area contributed by atoms with Crippen LogP contribution in [0.15, 0.2) is 12.1 Å². The summed E-state index contributed by atoms with van der Waals surface area (Å²) in [5.41, 5.74) is 7.74. The van der Waals surface area contributed by atoms with Gasteiger partial charge < -0.3 is 10.3 Å². The van der Waals surface area contributed by atoms with Crippen LogP contribution in [-0.4, -0.2) is 9.55 Å². The fraction of sp³-hybridized carbons (Fsp3) is 0.462. The Balaban J connectivity index is 2.49. The molecule has 1 heterocycles. The number of aromatic nitrogens is 2. The maximum Gasteiger partial charge on any atom is 0.201 e. The van der Waals surface area contributed by atoms with E-state index in [1.807, 2.05) is 10.6 Å². The van der Waals surface area contributed by atoms with Crippen molar-refractivity contribution in [3.63, 3.8) is 0 Å². The Morgan fingerprint density at radius 3 is 2.67 bits per heavy atom. The Bertz CT molecular complexity index is 563. The van der Waals surface area contributed by atoms with Crippen molar-refractivity contribution in [2.75, 3.05) is 5.73 Å². The van der Waals surface area contributed by atoms with Crippen LogP contribution >= 0.6 is 23.2 Å². The van der Waals surface area contributed by atoms with Gasteiger partial charge in [-0.2, -0.15) is 0 Å². The summed E-state index contributed by atoms with van der Waals surface area (Å²) in [6, 6.07) is 3.91. The van der Waals surface area contributed by atoms with Gasteiger partial charge in [-0.25, -0.2) is 4.98 Å². The van der Waals surface area contributed by atoms with Crippen LogP contribution < -0.4 is 5.73 Å². The zero-order valence-electron chi connectivity index (χ0n) is 10.6. The van der Waals surface area contributed by atoms with Crippen LogP contribution in [0.2, 0.25) is 10.0 Å². The molecule has 0 fully saturated rings. The SMILES string of the molecule is CCCCC(C)n1c(N)nc2cc(Cl)c(Cl)cc21. The van der Waals surface area contributed by atoms with Gasteiger partial charge in [-0.1, -0.05) is 43.0 Å². The second kappa shape index (κ2) is 5.37. The van der Waals surface area contributed by atoms with Crippen molar-refractivity contribution in [3.05, 3.63) is 22.2 Å². The highest BCUT2D eigenvalue weighted by Gasteiger charge is 2.15. The third-order valence-corrected chi connectivity index (χ3v) is 3.90. The molecule has 0 spiro atoms. The predicted molar refractivity (Wildman–Crippen MR) is 78.4 cm³/mol. The highest BCUT2D eigenvalue weighted by molar-refractivity contribution is 6.42. The van der Waals surface area contributed by atoms with Crippen LogP contribution in [0.5, 0.6) is 0 Å². The van der Waals surface area contributed by atoms with E-state index in [2.05, 4.69) is 18.8 Å². The lowest BCUT2D eigenvalue weighted by Crippen LogP contribution is -2.08. The molecular weight excluding hydrogens is 269 g/mol. The molecule has 2 rings (SSSR count). The summed E-state index contributed by atoms with van der Waals surface area (Å²) in [6.45, 7) is 4.33. The first kappa shape index (κ1) is 13.5. The number of hydrogen-bond donors (Lipinski definition) is 1. The maximum absolute atomic E-state index is 6.06. The van der Waals surface area contributed by atoms with Crippen LogP contribution in [-0.2, 0) is 0 Å². The van der Waals surface area contributed by atoms with Gasteiger partial charge in [0.2, 0.25) is 5.95 Å². The first-order valence-corrected chi connectivity index (χ1v) is 6.92. The minimum atomic E-state index is 0.312. The van der Waals surface area contributed by atoms with Crippen molar-refractivity contribution in [1.82, 2.24) is 9.55 Å². The molecular formula is C13H17Cl2N3. The topological polar surface area (TPSA) is 43.8 Å². The molecule has 5 heteroatoms. The van der Waals surface area contributed by atoms with E-state index in [9.17, 15) is 0 Å². The maximum atomic E-state index is 6.06. The van der Waals surface area contributed by atoms with Gasteiger partial charge in [-0.3, -0.25) is 0 Å². The minimum Gasteiger partial charge on any atom is -0.369 e. The number of benzene rings is 1. The van der Waals surface area contributed by atoms with Gasteiger partial charge in [0.15, 0.2) is 0 Å². The molecule has 2 N–H and O–H groups in total. The molecule has 0 bridgehead atoms. The van der Waals surface area contributed by atoms with Crippen LogP contribution in [0.1, 0.15) is 39.2 Å². The van der Waals surface area contributed by atoms with E-state index in [0.29, 0.717) is 22.0 Å². The number of nitrogen functional groups attached to an aromatic ring is 1. The lowest BCUT2D eigenvalue weighted by atomic mass is 10.1. The van der Waals surface area contributed by atoms with E-state index in [4.69, 9.17) is 28.9 Å². The van der Waals surface area contributed by atoms with Crippen LogP contribution in [0.4, 0.5) is 5.95 Å². The van der Waals surface area contributed by atoms with Crippen molar-refractivity contribution >= 4 is 40.2 Å². The average molecular weight is 286 g/mol. The molecule has 0 aliphatic heterocycles. The van der Waals surface area contributed by atoms with Crippen LogP contribution in [0, 0.1) is 0 Å². The Kier molecular flexibility index (Phi) is 4.03. The summed E-state index contributed by atoms with van der Waals surface area (Å²) in [7, 11) is 0. The van der Waals surface area contributed by atoms with Gasteiger partial charge in [-0.05, 0) is 25.5 Å². The number of halogens is 2. The molecule has 1 atom stereocenters. The van der Waals surface area contributed by atoms with Gasteiger partial charge in [0.1, 0.15) is 0 Å². The Labute approximate surface area is 117 Å². The van der Waals surface area contributed by atoms with E-state index in [1.54, 1.807) is 6.07 Å². The Hall–Kier alpha value is -0.930. The molecule has 0 aliphatic rings. The molecule has 98 valence electrons. The summed E-state index contributed by atoms with van der Waals surface area (Å²) in [5, 5.41) is 1.04. The normalized spacial score (nSPS) is 13.1. The third kappa shape index (κ3) is 2.43. The summed E-state index contributed by atoms with van der Waals surface area (Å²) >= 11 is 12.1. The first-order chi connectivity index (χ1) is 8.54. The summed E-state index contributed by atoms with van der Waals surface area (Å²) in [5.74, 6) is 0.520. The van der Waals surface area contributed by atoms with Gasteiger partial charge in [-0.15, -0.1) is 0 Å². The monoisotopic (exact) mass is 285 g/mol. The lowest BCUT2D eigenvalue weighted by molar-refractivity contribution is 0.501. The fourth-order valence-corrected chi connectivity index (χ4v) is 2.52. The van der Waals surface area contributed by atoms with Crippen molar-refractivity contribution < 1.29 is 0 Å². The van der Waals surface area contributed by atoms with E-state index in [1.165, 1.54) is 12.8 Å². The van der Waals surface area contributed by atoms with Crippen molar-refractivity contribution in [2.45, 2.75) is 39.2 Å². The highest BCUT2D eigenvalue weighted by Crippen LogP contribution is 2.31. The molecule has 1 unspecified atom stereocenters. The number of fused-ring (bicyclic) bond motifs is 1. The number of rotatable bonds is 4. The van der Waals surface area contributed by atoms with Crippen molar-refractivity contribution in [2.24, 2.45) is 0 Å². The number of unbranched alkanes of at least 4 members (excludes halogenated alkanes) is 1. The van der Waals surface area contributed by atoms with Gasteiger partial charge in [0, 0.05) is 6.04 Å². The molecule has 18 heavy (non-hydrogen) atoms. The van der Waals surface area contributed by atoms with E-state index < -0.39 is 0 Å². The van der Waals surface area contributed by atoms with E-state index in [-0.39, 0.29) is 0 Å². The summed E-state index contributed by atoms with van der Waals surface area (Å²) in [4.78, 5) is 4.34. The quantitative estimate of drug-likeness (QED) is 0.887. The van der Waals surface area contributed by atoms with Gasteiger partial charge in [0.05, 0.1) is 21.1 Å². The molecule has 1 aromatic carbocycles. The zero-order valence-corrected chi connectivity index (χ0v) is 12.1. The minimum absolute atomic E-state index is 0.312. The zero-order chi connectivity index (χ0) is 13.3. The summed E-state index contributed by atoms with van der Waals surface area (Å²) in [6.07, 6.45) is 3.41. The predicted octanol–water partition coefficient (Wildman–Crippen LogP) is 4.68. The Morgan fingerprint density at radius 2 is 2.00 bits per heavy atom. The number of hydrogen-bond acceptors (Lipinski definition) is 2. The lowest BCUT2D eigenvalue weighted by Gasteiger charge is -2.15. The number of nitrogens with two attached hydrogens (primary N) is 1. The summed E-state index contributed by atoms with van der Waals surface area (Å²) < 4.78 is 2.03. The van der Waals surface area contributed by atoms with E-state index >= 15 is 0 Å². The fourth-order valence-electron chi connectivity index (χ4n) is 2.20. The van der Waals surface area contributed by atoms with Crippen LogP contribution in [0.3, 0.4) is 0 Å². The van der Waals surface area contributed by atoms with Crippen molar-refractivity contribution in [1.29, 1.82) is 0 Å². The van der Waals surface area contributed by atoms with Gasteiger partial charge >= 0.3 is 0 Å². The largest absolute Gasteiger partial charge is 0.369 e. The van der Waals surface area contributed by atoms with Crippen molar-refractivity contribution in [3.8, 4) is 0 Å². The second-order valence-corrected chi connectivity index (χ2v) is 5.40. The number of imidazole rings is 1. The molecule has 0 saturated heterocycles. The molecule has 3 nitrogen and oxygen atoms in total. The number of anilines is 1.